The molecule has 1 aromatic carbocycles. The van der Waals surface area contributed by atoms with Crippen molar-refractivity contribution in [1.29, 1.82) is 0 Å². The predicted octanol–water partition coefficient (Wildman–Crippen LogP) is 3.10. The first-order valence-corrected chi connectivity index (χ1v) is 7.56. The molecule has 3 aromatic heterocycles. The molecule has 22 heavy (non-hydrogen) atoms. The Morgan fingerprint density at radius 2 is 1.95 bits per heavy atom. The summed E-state index contributed by atoms with van der Waals surface area (Å²) < 4.78 is 3.88. The smallest absolute Gasteiger partial charge is 0.266 e. The molecule has 0 aliphatic rings. The second-order valence-electron chi connectivity index (χ2n) is 5.09. The van der Waals surface area contributed by atoms with Crippen molar-refractivity contribution in [2.75, 3.05) is 0 Å². The van der Waals surface area contributed by atoms with Crippen molar-refractivity contribution >= 4 is 32.6 Å². The van der Waals surface area contributed by atoms with Crippen LogP contribution in [0.25, 0.3) is 22.4 Å². The van der Waals surface area contributed by atoms with E-state index in [1.54, 1.807) is 21.3 Å². The highest BCUT2D eigenvalue weighted by atomic mass is 79.9. The third kappa shape index (κ3) is 1.88. The monoisotopic (exact) mass is 354 g/mol. The number of fused-ring (bicyclic) bond motifs is 3. The van der Waals surface area contributed by atoms with Crippen molar-refractivity contribution in [3.05, 3.63) is 69.2 Å². The second-order valence-corrected chi connectivity index (χ2v) is 5.90. The third-order valence-corrected chi connectivity index (χ3v) is 3.96. The van der Waals surface area contributed by atoms with Crippen LogP contribution in [0.1, 0.15) is 5.56 Å². The molecule has 0 saturated heterocycles. The Hall–Kier alpha value is -2.47. The first-order valence-electron chi connectivity index (χ1n) is 6.77. The van der Waals surface area contributed by atoms with Gasteiger partial charge in [0.25, 0.3) is 5.56 Å². The molecule has 0 atom stereocenters. The molecule has 6 heteroatoms. The first-order chi connectivity index (χ1) is 10.6. The molecule has 0 spiro atoms. The largest absolute Gasteiger partial charge is 0.282 e. The second kappa shape index (κ2) is 4.78. The van der Waals surface area contributed by atoms with Gasteiger partial charge >= 0.3 is 0 Å². The number of benzene rings is 1. The maximum atomic E-state index is 12.9. The Balaban J connectivity index is 2.25. The lowest BCUT2D eigenvalue weighted by Crippen LogP contribution is -2.22. The average Bonchev–Trinajstić information content (AvgIpc) is 2.90. The topological polar surface area (TPSA) is 52.2 Å². The maximum absolute atomic E-state index is 12.9. The molecule has 0 fully saturated rings. The minimum atomic E-state index is -0.144. The SMILES string of the molecule is Cc1cccc(-n2c(=O)c3cc(Br)nn3c3cccnc32)c1. The van der Waals surface area contributed by atoms with Gasteiger partial charge in [0.2, 0.25) is 0 Å². The maximum Gasteiger partial charge on any atom is 0.282 e. The van der Waals surface area contributed by atoms with Crippen molar-refractivity contribution in [2.24, 2.45) is 0 Å². The fourth-order valence-corrected chi connectivity index (χ4v) is 3.01. The quantitative estimate of drug-likeness (QED) is 0.527. The van der Waals surface area contributed by atoms with Crippen molar-refractivity contribution < 1.29 is 0 Å². The summed E-state index contributed by atoms with van der Waals surface area (Å²) in [6.45, 7) is 2.00. The van der Waals surface area contributed by atoms with Crippen molar-refractivity contribution in [2.45, 2.75) is 6.92 Å². The van der Waals surface area contributed by atoms with Crippen molar-refractivity contribution in [3.8, 4) is 5.69 Å². The van der Waals surface area contributed by atoms with E-state index >= 15 is 0 Å². The Kier molecular flexibility index (Phi) is 2.87. The summed E-state index contributed by atoms with van der Waals surface area (Å²) in [6, 6.07) is 13.3. The lowest BCUT2D eigenvalue weighted by molar-refractivity contribution is 0.928. The zero-order valence-corrected chi connectivity index (χ0v) is 13.3. The Morgan fingerprint density at radius 1 is 1.09 bits per heavy atom. The van der Waals surface area contributed by atoms with E-state index in [9.17, 15) is 4.79 Å². The molecule has 4 rings (SSSR count). The van der Waals surface area contributed by atoms with E-state index in [1.807, 2.05) is 43.3 Å². The van der Waals surface area contributed by atoms with Gasteiger partial charge in [-0.05, 0) is 52.7 Å². The van der Waals surface area contributed by atoms with Gasteiger partial charge in [-0.15, -0.1) is 0 Å². The normalized spacial score (nSPS) is 11.4. The summed E-state index contributed by atoms with van der Waals surface area (Å²) >= 11 is 3.34. The summed E-state index contributed by atoms with van der Waals surface area (Å²) in [5, 5.41) is 4.33. The molecular formula is C16H11BrN4O. The molecule has 4 aromatic rings. The molecule has 0 amide bonds. The van der Waals surface area contributed by atoms with E-state index in [0.717, 1.165) is 16.8 Å². The molecule has 3 heterocycles. The summed E-state index contributed by atoms with van der Waals surface area (Å²) in [6.07, 6.45) is 1.68. The minimum absolute atomic E-state index is 0.144. The van der Waals surface area contributed by atoms with Gasteiger partial charge in [0.1, 0.15) is 15.6 Å². The van der Waals surface area contributed by atoms with Crippen molar-refractivity contribution in [3.63, 3.8) is 0 Å². The number of rotatable bonds is 1. The number of pyridine rings is 1. The zero-order valence-electron chi connectivity index (χ0n) is 11.7. The van der Waals surface area contributed by atoms with Gasteiger partial charge < -0.3 is 0 Å². The van der Waals surface area contributed by atoms with Crippen LogP contribution in [0.4, 0.5) is 0 Å². The van der Waals surface area contributed by atoms with Crippen molar-refractivity contribution in [1.82, 2.24) is 19.2 Å². The number of hydrogen-bond donors (Lipinski definition) is 0. The van der Waals surface area contributed by atoms with E-state index in [2.05, 4.69) is 26.0 Å². The van der Waals surface area contributed by atoms with Gasteiger partial charge in [0.15, 0.2) is 5.65 Å². The molecule has 0 N–H and O–H groups in total. The lowest BCUT2D eigenvalue weighted by Gasteiger charge is -2.11. The molecule has 0 unspecified atom stereocenters. The number of aryl methyl sites for hydroxylation is 1. The summed E-state index contributed by atoms with van der Waals surface area (Å²) in [7, 11) is 0. The molecule has 0 radical (unpaired) electrons. The van der Waals surface area contributed by atoms with Crippen LogP contribution in [0.2, 0.25) is 0 Å². The minimum Gasteiger partial charge on any atom is -0.266 e. The van der Waals surface area contributed by atoms with Gasteiger partial charge in [0.05, 0.1) is 5.69 Å². The summed E-state index contributed by atoms with van der Waals surface area (Å²) in [5.41, 5.74) is 3.62. The predicted molar refractivity (Wildman–Crippen MR) is 88.5 cm³/mol. The van der Waals surface area contributed by atoms with E-state index in [0.29, 0.717) is 15.8 Å². The molecule has 0 saturated carbocycles. The van der Waals surface area contributed by atoms with E-state index < -0.39 is 0 Å². The summed E-state index contributed by atoms with van der Waals surface area (Å²) in [5.74, 6) is 0. The number of halogens is 1. The number of nitrogens with zero attached hydrogens (tertiary/aromatic N) is 4. The van der Waals surface area contributed by atoms with Gasteiger partial charge in [0, 0.05) is 12.3 Å². The molecular weight excluding hydrogens is 344 g/mol. The van der Waals surface area contributed by atoms with Crippen LogP contribution in [-0.2, 0) is 0 Å². The van der Waals surface area contributed by atoms with Gasteiger partial charge in [-0.25, -0.2) is 9.50 Å². The van der Waals surface area contributed by atoms with Gasteiger partial charge in [-0.1, -0.05) is 12.1 Å². The highest BCUT2D eigenvalue weighted by molar-refractivity contribution is 9.10. The molecule has 5 nitrogen and oxygen atoms in total. The van der Waals surface area contributed by atoms with Crippen LogP contribution < -0.4 is 5.56 Å². The molecule has 0 bridgehead atoms. The standard InChI is InChI=1S/C16H11BrN4O/c1-10-4-2-5-11(8-10)20-15-12(6-3-7-18-15)21-13(16(20)22)9-14(17)19-21/h2-9H,1H3. The highest BCUT2D eigenvalue weighted by Gasteiger charge is 2.15. The number of aromatic nitrogens is 4. The Morgan fingerprint density at radius 3 is 2.77 bits per heavy atom. The lowest BCUT2D eigenvalue weighted by atomic mass is 10.2. The molecule has 108 valence electrons. The Bertz CT molecular complexity index is 1080. The summed E-state index contributed by atoms with van der Waals surface area (Å²) in [4.78, 5) is 17.3. The zero-order chi connectivity index (χ0) is 15.3. The third-order valence-electron chi connectivity index (χ3n) is 3.57. The van der Waals surface area contributed by atoms with Gasteiger partial charge in [-0.2, -0.15) is 5.10 Å². The van der Waals surface area contributed by atoms with Crippen LogP contribution in [0.15, 0.2) is 58.1 Å². The fourth-order valence-electron chi connectivity index (χ4n) is 2.63. The average molecular weight is 355 g/mol. The van der Waals surface area contributed by atoms with E-state index in [1.165, 1.54) is 0 Å². The van der Waals surface area contributed by atoms with Crippen LogP contribution in [0.3, 0.4) is 0 Å². The van der Waals surface area contributed by atoms with Gasteiger partial charge in [-0.3, -0.25) is 9.36 Å². The molecule has 0 aliphatic carbocycles. The van der Waals surface area contributed by atoms with Crippen LogP contribution in [-0.4, -0.2) is 19.2 Å². The number of hydrogen-bond acceptors (Lipinski definition) is 3. The van der Waals surface area contributed by atoms with E-state index in [-0.39, 0.29) is 5.56 Å². The van der Waals surface area contributed by atoms with Crippen LogP contribution in [0.5, 0.6) is 0 Å². The van der Waals surface area contributed by atoms with Crippen LogP contribution >= 0.6 is 15.9 Å². The molecule has 0 aliphatic heterocycles. The van der Waals surface area contributed by atoms with E-state index in [4.69, 9.17) is 0 Å². The highest BCUT2D eigenvalue weighted by Crippen LogP contribution is 2.19. The Labute approximate surface area is 134 Å². The first kappa shape index (κ1) is 13.2. The van der Waals surface area contributed by atoms with Crippen LogP contribution in [0, 0.1) is 6.92 Å². The fraction of sp³-hybridized carbons (Fsp3) is 0.0625.